The molecule has 25 heavy (non-hydrogen) atoms. The minimum Gasteiger partial charge on any atom is -0.462 e. The zero-order chi connectivity index (χ0) is 18.1. The third-order valence-corrected chi connectivity index (χ3v) is 5.65. The predicted molar refractivity (Wildman–Crippen MR) is 99.5 cm³/mol. The van der Waals surface area contributed by atoms with Gasteiger partial charge in [-0.15, -0.1) is 11.3 Å². The molecular formula is C20H25NO3S. The third-order valence-electron chi connectivity index (χ3n) is 4.61. The van der Waals surface area contributed by atoms with Crippen LogP contribution in [0.3, 0.4) is 0 Å². The van der Waals surface area contributed by atoms with E-state index in [9.17, 15) is 9.59 Å². The molecule has 3 heterocycles. The number of esters is 1. The van der Waals surface area contributed by atoms with Gasteiger partial charge in [0.05, 0.1) is 22.6 Å². The fraction of sp³-hybridized carbons (Fsp3) is 0.500. The molecule has 3 rings (SSSR count). The Bertz CT molecular complexity index is 800. The van der Waals surface area contributed by atoms with Crippen molar-refractivity contribution in [3.8, 4) is 0 Å². The maximum Gasteiger partial charge on any atom is 0.315 e. The Balaban J connectivity index is 2.02. The van der Waals surface area contributed by atoms with Crippen molar-refractivity contribution < 1.29 is 14.3 Å². The summed E-state index contributed by atoms with van der Waals surface area (Å²) in [6.07, 6.45) is 2.58. The Morgan fingerprint density at radius 3 is 2.64 bits per heavy atom. The Labute approximate surface area is 152 Å². The number of ketones is 1. The van der Waals surface area contributed by atoms with Gasteiger partial charge in [-0.25, -0.2) is 0 Å². The lowest BCUT2D eigenvalue weighted by Gasteiger charge is -2.17. The second-order valence-corrected chi connectivity index (χ2v) is 8.02. The van der Waals surface area contributed by atoms with Crippen molar-refractivity contribution in [3.63, 3.8) is 0 Å². The number of carbonyl (C=O) groups is 2. The lowest BCUT2D eigenvalue weighted by Crippen LogP contribution is -2.21. The van der Waals surface area contributed by atoms with E-state index in [0.717, 1.165) is 53.2 Å². The van der Waals surface area contributed by atoms with Crippen LogP contribution in [0.5, 0.6) is 0 Å². The highest BCUT2D eigenvalue weighted by Gasteiger charge is 2.31. The summed E-state index contributed by atoms with van der Waals surface area (Å²) in [5, 5.41) is 2.00. The van der Waals surface area contributed by atoms with Crippen LogP contribution in [-0.2, 0) is 16.1 Å². The molecule has 4 nitrogen and oxygen atoms in total. The van der Waals surface area contributed by atoms with Gasteiger partial charge in [-0.1, -0.05) is 6.42 Å². The van der Waals surface area contributed by atoms with Crippen LogP contribution in [0.4, 0.5) is 0 Å². The number of hydrogen-bond acceptors (Lipinski definition) is 4. The summed E-state index contributed by atoms with van der Waals surface area (Å²) in [6, 6.07) is 3.94. The number of nitrogens with zero attached hydrogens (tertiary/aromatic N) is 1. The smallest absolute Gasteiger partial charge is 0.315 e. The molecule has 0 saturated heterocycles. The van der Waals surface area contributed by atoms with Gasteiger partial charge in [-0.3, -0.25) is 9.59 Å². The Kier molecular flexibility index (Phi) is 5.13. The predicted octanol–water partition coefficient (Wildman–Crippen LogP) is 4.62. The number of rotatable bonds is 4. The highest BCUT2D eigenvalue weighted by atomic mass is 32.1. The molecule has 0 saturated carbocycles. The first-order valence-electron chi connectivity index (χ1n) is 8.89. The fourth-order valence-electron chi connectivity index (χ4n) is 3.53. The first-order valence-corrected chi connectivity index (χ1v) is 9.76. The molecule has 0 radical (unpaired) electrons. The highest BCUT2D eigenvalue weighted by molar-refractivity contribution is 7.12. The van der Waals surface area contributed by atoms with Crippen molar-refractivity contribution in [2.45, 2.75) is 65.5 Å². The van der Waals surface area contributed by atoms with Gasteiger partial charge < -0.3 is 9.30 Å². The van der Waals surface area contributed by atoms with Crippen LogP contribution in [0.15, 0.2) is 17.5 Å². The SMILES string of the molecule is Cc1csc(C(=O)c2c(C)cc3n2CCCCC3C(=O)OC(C)C)c1. The maximum absolute atomic E-state index is 13.1. The average Bonchev–Trinajstić information content (AvgIpc) is 3.03. The van der Waals surface area contributed by atoms with E-state index in [1.807, 2.05) is 45.2 Å². The van der Waals surface area contributed by atoms with Crippen molar-refractivity contribution in [1.82, 2.24) is 4.57 Å². The Morgan fingerprint density at radius 2 is 2.00 bits per heavy atom. The average molecular weight is 359 g/mol. The largest absolute Gasteiger partial charge is 0.462 e. The van der Waals surface area contributed by atoms with Gasteiger partial charge >= 0.3 is 5.97 Å². The monoisotopic (exact) mass is 359 g/mol. The minimum absolute atomic E-state index is 0.0553. The van der Waals surface area contributed by atoms with E-state index in [4.69, 9.17) is 4.74 Å². The van der Waals surface area contributed by atoms with Gasteiger partial charge in [-0.05, 0) is 69.2 Å². The topological polar surface area (TPSA) is 48.3 Å². The summed E-state index contributed by atoms with van der Waals surface area (Å²) >= 11 is 1.48. The molecule has 1 aliphatic rings. The normalized spacial score (nSPS) is 17.2. The number of fused-ring (bicyclic) bond motifs is 1. The fourth-order valence-corrected chi connectivity index (χ4v) is 4.37. The quantitative estimate of drug-likeness (QED) is 0.591. The molecule has 134 valence electrons. The Hall–Kier alpha value is -1.88. The molecule has 0 aliphatic carbocycles. The zero-order valence-corrected chi connectivity index (χ0v) is 16.1. The summed E-state index contributed by atoms with van der Waals surface area (Å²) in [5.41, 5.74) is 3.70. The molecule has 2 aromatic rings. The summed E-state index contributed by atoms with van der Waals surface area (Å²) < 4.78 is 7.53. The van der Waals surface area contributed by atoms with Gasteiger partial charge in [0.15, 0.2) is 0 Å². The molecule has 0 bridgehead atoms. The number of aryl methyl sites for hydroxylation is 2. The van der Waals surface area contributed by atoms with Gasteiger partial charge in [0, 0.05) is 12.2 Å². The lowest BCUT2D eigenvalue weighted by molar-refractivity contribution is -0.149. The van der Waals surface area contributed by atoms with Crippen molar-refractivity contribution in [2.24, 2.45) is 0 Å². The van der Waals surface area contributed by atoms with Crippen LogP contribution in [0.1, 0.15) is 71.2 Å². The molecule has 1 unspecified atom stereocenters. The molecule has 1 atom stereocenters. The molecule has 0 amide bonds. The van der Waals surface area contributed by atoms with Gasteiger partial charge in [0.2, 0.25) is 5.78 Å². The first kappa shape index (κ1) is 17.9. The molecule has 1 aliphatic heterocycles. The second-order valence-electron chi connectivity index (χ2n) is 7.10. The van der Waals surface area contributed by atoms with E-state index < -0.39 is 0 Å². The van der Waals surface area contributed by atoms with E-state index in [2.05, 4.69) is 4.57 Å². The van der Waals surface area contributed by atoms with Crippen molar-refractivity contribution in [3.05, 3.63) is 44.9 Å². The van der Waals surface area contributed by atoms with E-state index in [0.29, 0.717) is 0 Å². The van der Waals surface area contributed by atoms with Crippen molar-refractivity contribution >= 4 is 23.1 Å². The van der Waals surface area contributed by atoms with Gasteiger partial charge in [0.1, 0.15) is 0 Å². The minimum atomic E-state index is -0.282. The lowest BCUT2D eigenvalue weighted by atomic mass is 9.99. The zero-order valence-electron chi connectivity index (χ0n) is 15.3. The molecule has 0 aromatic carbocycles. The number of ether oxygens (including phenoxy) is 1. The van der Waals surface area contributed by atoms with Crippen LogP contribution in [-0.4, -0.2) is 22.4 Å². The molecule has 0 fully saturated rings. The molecule has 0 N–H and O–H groups in total. The van der Waals surface area contributed by atoms with E-state index in [-0.39, 0.29) is 23.8 Å². The van der Waals surface area contributed by atoms with Crippen LogP contribution >= 0.6 is 11.3 Å². The molecule has 0 spiro atoms. The van der Waals surface area contributed by atoms with E-state index in [1.54, 1.807) is 0 Å². The van der Waals surface area contributed by atoms with Crippen LogP contribution < -0.4 is 0 Å². The van der Waals surface area contributed by atoms with Crippen LogP contribution in [0.25, 0.3) is 0 Å². The summed E-state index contributed by atoms with van der Waals surface area (Å²) in [7, 11) is 0. The van der Waals surface area contributed by atoms with Crippen molar-refractivity contribution in [1.29, 1.82) is 0 Å². The molecule has 5 heteroatoms. The second kappa shape index (κ2) is 7.16. The maximum atomic E-state index is 13.1. The number of hydrogen-bond donors (Lipinski definition) is 0. The van der Waals surface area contributed by atoms with E-state index in [1.165, 1.54) is 11.3 Å². The molecule has 2 aromatic heterocycles. The standard InChI is InChI=1S/C20H25NO3S/c1-12(2)24-20(23)15-7-5-6-8-21-16(15)10-14(4)18(21)19(22)17-9-13(3)11-25-17/h9-12,15H,5-8H2,1-4H3. The number of thiophene rings is 1. The summed E-state index contributed by atoms with van der Waals surface area (Å²) in [4.78, 5) is 26.4. The van der Waals surface area contributed by atoms with E-state index >= 15 is 0 Å². The number of carbonyl (C=O) groups excluding carboxylic acids is 2. The van der Waals surface area contributed by atoms with Crippen LogP contribution in [0, 0.1) is 13.8 Å². The van der Waals surface area contributed by atoms with Crippen LogP contribution in [0.2, 0.25) is 0 Å². The Morgan fingerprint density at radius 1 is 1.24 bits per heavy atom. The third kappa shape index (κ3) is 3.56. The van der Waals surface area contributed by atoms with Crippen molar-refractivity contribution in [2.75, 3.05) is 0 Å². The summed E-state index contributed by atoms with van der Waals surface area (Å²) in [6.45, 7) is 8.47. The molecular weight excluding hydrogens is 334 g/mol. The van der Waals surface area contributed by atoms with Gasteiger partial charge in [0.25, 0.3) is 0 Å². The highest BCUT2D eigenvalue weighted by Crippen LogP contribution is 2.33. The first-order chi connectivity index (χ1) is 11.9. The number of aromatic nitrogens is 1. The summed E-state index contributed by atoms with van der Waals surface area (Å²) in [5.74, 6) is -0.406. The van der Waals surface area contributed by atoms with Gasteiger partial charge in [-0.2, -0.15) is 0 Å².